The maximum atomic E-state index is 12.6. The molecule has 9 heteroatoms. The molecule has 0 unspecified atom stereocenters. The summed E-state index contributed by atoms with van der Waals surface area (Å²) in [4.78, 5) is 27.8. The van der Waals surface area contributed by atoms with E-state index < -0.39 is 0 Å². The Morgan fingerprint density at radius 1 is 1.18 bits per heavy atom. The molecular weight excluding hydrogens is 495 g/mol. The van der Waals surface area contributed by atoms with Crippen molar-refractivity contribution in [1.82, 2.24) is 15.0 Å². The highest BCUT2D eigenvalue weighted by molar-refractivity contribution is 8.00. The summed E-state index contributed by atoms with van der Waals surface area (Å²) in [7, 11) is 0. The zero-order valence-electron chi connectivity index (χ0n) is 18.2. The van der Waals surface area contributed by atoms with Gasteiger partial charge < -0.3 is 5.32 Å². The second-order valence-electron chi connectivity index (χ2n) is 8.42. The van der Waals surface area contributed by atoms with Gasteiger partial charge >= 0.3 is 0 Å². The lowest BCUT2D eigenvalue weighted by Crippen LogP contribution is -2.14. The minimum atomic E-state index is -0.158. The van der Waals surface area contributed by atoms with E-state index in [1.54, 1.807) is 35.9 Å². The smallest absolute Gasteiger partial charge is 0.234 e. The Labute approximate surface area is 210 Å². The van der Waals surface area contributed by atoms with Gasteiger partial charge in [0.2, 0.25) is 5.91 Å². The molecule has 1 N–H and O–H groups in total. The van der Waals surface area contributed by atoms with E-state index in [-0.39, 0.29) is 11.7 Å². The van der Waals surface area contributed by atoms with Gasteiger partial charge in [-0.05, 0) is 60.9 Å². The topological polar surface area (TPSA) is 67.8 Å². The zero-order chi connectivity index (χ0) is 23.1. The zero-order valence-corrected chi connectivity index (χ0v) is 21.4. The second kappa shape index (κ2) is 9.37. The van der Waals surface area contributed by atoms with Crippen molar-refractivity contribution in [3.63, 3.8) is 0 Å². The van der Waals surface area contributed by atoms with Gasteiger partial charge in [0, 0.05) is 16.1 Å². The van der Waals surface area contributed by atoms with E-state index in [1.165, 1.54) is 46.8 Å². The first-order chi connectivity index (χ1) is 15.9. The first-order valence-electron chi connectivity index (χ1n) is 10.9. The summed E-state index contributed by atoms with van der Waals surface area (Å²) in [6.07, 6.45) is 6.15. The van der Waals surface area contributed by atoms with Crippen LogP contribution in [-0.4, -0.2) is 26.6 Å². The van der Waals surface area contributed by atoms with Gasteiger partial charge in [-0.2, -0.15) is 0 Å². The van der Waals surface area contributed by atoms with Crippen LogP contribution in [0.4, 0.5) is 5.69 Å². The van der Waals surface area contributed by atoms with Gasteiger partial charge in [-0.3, -0.25) is 4.79 Å². The lowest BCUT2D eigenvalue weighted by Gasteiger charge is -2.21. The van der Waals surface area contributed by atoms with Gasteiger partial charge in [-0.1, -0.05) is 48.8 Å². The molecule has 0 fully saturated rings. The minimum Gasteiger partial charge on any atom is -0.324 e. The average Bonchev–Trinajstić information content (AvgIpc) is 3.18. The van der Waals surface area contributed by atoms with Gasteiger partial charge in [-0.15, -0.1) is 11.3 Å². The van der Waals surface area contributed by atoms with Gasteiger partial charge in [0.15, 0.2) is 0 Å². The number of hydrogen-bond donors (Lipinski definition) is 1. The number of hydrogen-bond acceptors (Lipinski definition) is 6. The Balaban J connectivity index is 1.47. The molecule has 5 nitrogen and oxygen atoms in total. The second-order valence-corrected chi connectivity index (χ2v) is 11.2. The van der Waals surface area contributed by atoms with Crippen molar-refractivity contribution in [2.24, 2.45) is 0 Å². The predicted octanol–water partition coefficient (Wildman–Crippen LogP) is 7.28. The van der Waals surface area contributed by atoms with Crippen molar-refractivity contribution in [1.29, 1.82) is 0 Å². The highest BCUT2D eigenvalue weighted by Crippen LogP contribution is 2.42. The van der Waals surface area contributed by atoms with Gasteiger partial charge in [-0.25, -0.2) is 15.0 Å². The highest BCUT2D eigenvalue weighted by Gasteiger charge is 2.24. The third-order valence-electron chi connectivity index (χ3n) is 5.81. The molecule has 3 heterocycles. The van der Waals surface area contributed by atoms with Crippen molar-refractivity contribution in [2.75, 3.05) is 11.1 Å². The monoisotopic (exact) mass is 516 g/mol. The number of rotatable bonds is 5. The van der Waals surface area contributed by atoms with Crippen LogP contribution in [0.5, 0.6) is 0 Å². The fraction of sp³-hybridized carbons (Fsp3) is 0.333. The van der Waals surface area contributed by atoms with Crippen LogP contribution in [0.2, 0.25) is 10.0 Å². The number of carbonyl (C=O) groups is 1. The number of anilines is 1. The van der Waals surface area contributed by atoms with Crippen molar-refractivity contribution < 1.29 is 4.79 Å². The molecule has 33 heavy (non-hydrogen) atoms. The SMILES string of the molecule is CC(C)c1nc2sc3c(SCC(=O)Nc4ccc(Cl)cc4Cl)ncnc3c2c2c1CCCC2. The quantitative estimate of drug-likeness (QED) is 0.223. The Morgan fingerprint density at radius 2 is 1.97 bits per heavy atom. The van der Waals surface area contributed by atoms with E-state index >= 15 is 0 Å². The first kappa shape index (κ1) is 22.8. The Morgan fingerprint density at radius 3 is 2.73 bits per heavy atom. The number of carbonyl (C=O) groups excluding carboxylic acids is 1. The number of benzene rings is 1. The summed E-state index contributed by atoms with van der Waals surface area (Å²) >= 11 is 15.1. The molecule has 4 aromatic rings. The number of halogens is 2. The normalized spacial score (nSPS) is 13.6. The molecule has 0 radical (unpaired) electrons. The molecule has 0 saturated carbocycles. The van der Waals surface area contributed by atoms with Gasteiger partial charge in [0.1, 0.15) is 16.2 Å². The van der Waals surface area contributed by atoms with E-state index in [2.05, 4.69) is 29.1 Å². The number of aryl methyl sites for hydroxylation is 1. The van der Waals surface area contributed by atoms with Crippen LogP contribution in [0.25, 0.3) is 20.4 Å². The van der Waals surface area contributed by atoms with Crippen molar-refractivity contribution in [3.05, 3.63) is 51.4 Å². The lowest BCUT2D eigenvalue weighted by molar-refractivity contribution is -0.113. The summed E-state index contributed by atoms with van der Waals surface area (Å²) < 4.78 is 0.996. The number of nitrogens with zero attached hydrogens (tertiary/aromatic N) is 3. The summed E-state index contributed by atoms with van der Waals surface area (Å²) in [5, 5.41) is 5.75. The predicted molar refractivity (Wildman–Crippen MR) is 139 cm³/mol. The number of aromatic nitrogens is 3. The summed E-state index contributed by atoms with van der Waals surface area (Å²) in [6.45, 7) is 4.42. The van der Waals surface area contributed by atoms with E-state index in [4.69, 9.17) is 28.2 Å². The summed E-state index contributed by atoms with van der Waals surface area (Å²) in [6, 6.07) is 5.00. The highest BCUT2D eigenvalue weighted by atomic mass is 35.5. The van der Waals surface area contributed by atoms with E-state index in [1.807, 2.05) is 0 Å². The third kappa shape index (κ3) is 4.44. The number of nitrogens with one attached hydrogen (secondary N) is 1. The molecule has 0 atom stereocenters. The number of amides is 1. The van der Waals surface area contributed by atoms with Crippen LogP contribution in [0.3, 0.4) is 0 Å². The van der Waals surface area contributed by atoms with Crippen LogP contribution in [0.15, 0.2) is 29.6 Å². The molecule has 0 spiro atoms. The standard InChI is InChI=1S/C24H22Cl2N4OS2/c1-12(2)20-15-6-4-3-5-14(15)19-21-22(33-23(19)30-20)24(28-11-27-21)32-10-18(31)29-17-8-7-13(25)9-16(17)26/h7-9,11-12H,3-6,10H2,1-2H3,(H,29,31). The molecule has 1 aliphatic carbocycles. The fourth-order valence-electron chi connectivity index (χ4n) is 4.36. The molecule has 3 aromatic heterocycles. The molecule has 1 aliphatic rings. The van der Waals surface area contributed by atoms with E-state index in [0.29, 0.717) is 21.7 Å². The van der Waals surface area contributed by atoms with Crippen LogP contribution in [0, 0.1) is 0 Å². The number of thiophene rings is 1. The van der Waals surface area contributed by atoms with Crippen LogP contribution >= 0.6 is 46.3 Å². The van der Waals surface area contributed by atoms with Crippen molar-refractivity contribution >= 4 is 78.3 Å². The van der Waals surface area contributed by atoms with Crippen molar-refractivity contribution in [2.45, 2.75) is 50.5 Å². The van der Waals surface area contributed by atoms with E-state index in [9.17, 15) is 4.79 Å². The molecule has 170 valence electrons. The fourth-order valence-corrected chi connectivity index (χ4v) is 6.86. The summed E-state index contributed by atoms with van der Waals surface area (Å²) in [5.41, 5.74) is 5.53. The summed E-state index contributed by atoms with van der Waals surface area (Å²) in [5.74, 6) is 0.437. The van der Waals surface area contributed by atoms with Crippen molar-refractivity contribution in [3.8, 4) is 0 Å². The lowest BCUT2D eigenvalue weighted by atomic mass is 9.86. The van der Waals surface area contributed by atoms with Gasteiger partial charge in [0.05, 0.1) is 26.7 Å². The first-order valence-corrected chi connectivity index (χ1v) is 13.4. The Bertz CT molecular complexity index is 1390. The third-order valence-corrected chi connectivity index (χ3v) is 8.56. The molecule has 5 rings (SSSR count). The molecule has 0 aliphatic heterocycles. The Kier molecular flexibility index (Phi) is 6.49. The average molecular weight is 518 g/mol. The van der Waals surface area contributed by atoms with Crippen LogP contribution in [0.1, 0.15) is 49.4 Å². The number of thioether (sulfide) groups is 1. The Hall–Kier alpha value is -1.93. The largest absolute Gasteiger partial charge is 0.324 e. The van der Waals surface area contributed by atoms with E-state index in [0.717, 1.165) is 32.9 Å². The number of fused-ring (bicyclic) bond motifs is 5. The van der Waals surface area contributed by atoms with Crippen LogP contribution < -0.4 is 5.32 Å². The molecule has 0 bridgehead atoms. The molecule has 1 aromatic carbocycles. The molecular formula is C24H22Cl2N4OS2. The molecule has 0 saturated heterocycles. The van der Waals surface area contributed by atoms with Crippen LogP contribution in [-0.2, 0) is 17.6 Å². The maximum Gasteiger partial charge on any atom is 0.234 e. The maximum absolute atomic E-state index is 12.6. The number of pyridine rings is 1. The van der Waals surface area contributed by atoms with Gasteiger partial charge in [0.25, 0.3) is 0 Å². The minimum absolute atomic E-state index is 0.158. The molecule has 1 amide bonds.